The lowest BCUT2D eigenvalue weighted by molar-refractivity contribution is 0.264. The molecule has 0 N–H and O–H groups in total. The number of hydrogen-bond acceptors (Lipinski definition) is 0. The largest absolute Gasteiger partial charge is 0.0651 e. The predicted molar refractivity (Wildman–Crippen MR) is 61.9 cm³/mol. The second-order valence-electron chi connectivity index (χ2n) is 5.17. The van der Waals surface area contributed by atoms with Gasteiger partial charge in [-0.1, -0.05) is 60.8 Å². The molecule has 0 saturated carbocycles. The summed E-state index contributed by atoms with van der Waals surface area (Å²) in [5.74, 6) is 3.53. The van der Waals surface area contributed by atoms with Gasteiger partial charge in [-0.15, -0.1) is 0 Å². The molecule has 0 radical (unpaired) electrons. The third-order valence-corrected chi connectivity index (χ3v) is 3.76. The van der Waals surface area contributed by atoms with Crippen molar-refractivity contribution in [3.8, 4) is 0 Å². The zero-order chi connectivity index (χ0) is 10.4. The molecule has 0 rings (SSSR count). The Labute approximate surface area is 85.1 Å². The summed E-state index contributed by atoms with van der Waals surface area (Å²) in [7, 11) is 0. The summed E-state index contributed by atoms with van der Waals surface area (Å²) in [6.45, 7) is 14.1. The maximum Gasteiger partial charge on any atom is -0.0394 e. The molecule has 0 aliphatic heterocycles. The fourth-order valence-electron chi connectivity index (χ4n) is 1.67. The van der Waals surface area contributed by atoms with Gasteiger partial charge in [0.15, 0.2) is 0 Å². The molecule has 13 heavy (non-hydrogen) atoms. The summed E-state index contributed by atoms with van der Waals surface area (Å²) in [5, 5.41) is 0. The molecule has 0 saturated heterocycles. The highest BCUT2D eigenvalue weighted by Gasteiger charge is 2.15. The SMILES string of the molecule is CCC(C)CCC(C)C(C)C(C)C. The molecule has 0 heterocycles. The first-order valence-corrected chi connectivity index (χ1v) is 5.99. The lowest BCUT2D eigenvalue weighted by Crippen LogP contribution is -2.15. The summed E-state index contributed by atoms with van der Waals surface area (Å²) in [6.07, 6.45) is 4.16. The highest BCUT2D eigenvalue weighted by Crippen LogP contribution is 2.25. The van der Waals surface area contributed by atoms with E-state index < -0.39 is 0 Å². The Morgan fingerprint density at radius 2 is 1.38 bits per heavy atom. The van der Waals surface area contributed by atoms with Crippen molar-refractivity contribution in [3.05, 3.63) is 0 Å². The van der Waals surface area contributed by atoms with Crippen molar-refractivity contribution < 1.29 is 0 Å². The monoisotopic (exact) mass is 184 g/mol. The van der Waals surface area contributed by atoms with Crippen molar-refractivity contribution in [2.24, 2.45) is 23.7 Å². The van der Waals surface area contributed by atoms with Gasteiger partial charge < -0.3 is 0 Å². The van der Waals surface area contributed by atoms with E-state index in [9.17, 15) is 0 Å². The van der Waals surface area contributed by atoms with E-state index >= 15 is 0 Å². The first-order valence-electron chi connectivity index (χ1n) is 5.99. The van der Waals surface area contributed by atoms with Crippen LogP contribution in [0.4, 0.5) is 0 Å². The molecule has 0 aliphatic rings. The minimum Gasteiger partial charge on any atom is -0.0651 e. The van der Waals surface area contributed by atoms with Gasteiger partial charge >= 0.3 is 0 Å². The van der Waals surface area contributed by atoms with Gasteiger partial charge in [-0.05, 0) is 23.7 Å². The average Bonchev–Trinajstić information content (AvgIpc) is 2.11. The molecule has 3 atom stereocenters. The highest BCUT2D eigenvalue weighted by molar-refractivity contribution is 4.66. The van der Waals surface area contributed by atoms with Crippen molar-refractivity contribution in [3.63, 3.8) is 0 Å². The molecule has 0 fully saturated rings. The Hall–Kier alpha value is 0. The van der Waals surface area contributed by atoms with E-state index in [0.717, 1.165) is 23.7 Å². The summed E-state index contributed by atoms with van der Waals surface area (Å²) in [5.41, 5.74) is 0. The molecule has 0 nitrogen and oxygen atoms in total. The van der Waals surface area contributed by atoms with Crippen molar-refractivity contribution in [1.29, 1.82) is 0 Å². The number of rotatable bonds is 6. The Kier molecular flexibility index (Phi) is 6.45. The molecule has 0 aromatic carbocycles. The van der Waals surface area contributed by atoms with E-state index in [1.807, 2.05) is 0 Å². The van der Waals surface area contributed by atoms with E-state index in [-0.39, 0.29) is 0 Å². The van der Waals surface area contributed by atoms with Crippen molar-refractivity contribution >= 4 is 0 Å². The molecule has 0 heteroatoms. The van der Waals surface area contributed by atoms with Crippen LogP contribution in [0.5, 0.6) is 0 Å². The van der Waals surface area contributed by atoms with Crippen molar-refractivity contribution in [1.82, 2.24) is 0 Å². The zero-order valence-electron chi connectivity index (χ0n) is 10.4. The minimum absolute atomic E-state index is 0.840. The molecule has 0 aromatic heterocycles. The third kappa shape index (κ3) is 5.33. The van der Waals surface area contributed by atoms with Crippen LogP contribution in [-0.4, -0.2) is 0 Å². The van der Waals surface area contributed by atoms with Gasteiger partial charge in [0.05, 0.1) is 0 Å². The van der Waals surface area contributed by atoms with E-state index in [2.05, 4.69) is 41.5 Å². The van der Waals surface area contributed by atoms with E-state index in [1.54, 1.807) is 0 Å². The first kappa shape index (κ1) is 13.0. The second-order valence-corrected chi connectivity index (χ2v) is 5.17. The topological polar surface area (TPSA) is 0 Å². The van der Waals surface area contributed by atoms with Crippen LogP contribution in [0.25, 0.3) is 0 Å². The third-order valence-electron chi connectivity index (χ3n) is 3.76. The van der Waals surface area contributed by atoms with Crippen LogP contribution in [0.3, 0.4) is 0 Å². The Bertz CT molecular complexity index is 115. The van der Waals surface area contributed by atoms with Gasteiger partial charge in [0.2, 0.25) is 0 Å². The Balaban J connectivity index is 3.67. The van der Waals surface area contributed by atoms with Crippen LogP contribution in [-0.2, 0) is 0 Å². The summed E-state index contributed by atoms with van der Waals surface area (Å²) in [4.78, 5) is 0. The number of hydrogen-bond donors (Lipinski definition) is 0. The maximum absolute atomic E-state index is 2.41. The van der Waals surface area contributed by atoms with Gasteiger partial charge in [0, 0.05) is 0 Å². The second kappa shape index (κ2) is 6.45. The van der Waals surface area contributed by atoms with Crippen LogP contribution in [0, 0.1) is 23.7 Å². The van der Waals surface area contributed by atoms with Gasteiger partial charge in [-0.3, -0.25) is 0 Å². The summed E-state index contributed by atoms with van der Waals surface area (Å²) < 4.78 is 0. The van der Waals surface area contributed by atoms with Crippen molar-refractivity contribution in [2.75, 3.05) is 0 Å². The van der Waals surface area contributed by atoms with E-state index in [4.69, 9.17) is 0 Å². The molecule has 3 unspecified atom stereocenters. The van der Waals surface area contributed by atoms with Crippen LogP contribution < -0.4 is 0 Å². The molecular formula is C13H28. The van der Waals surface area contributed by atoms with Crippen LogP contribution in [0.15, 0.2) is 0 Å². The van der Waals surface area contributed by atoms with Crippen LogP contribution in [0.1, 0.15) is 60.8 Å². The van der Waals surface area contributed by atoms with Crippen molar-refractivity contribution in [2.45, 2.75) is 60.8 Å². The minimum atomic E-state index is 0.840. The zero-order valence-corrected chi connectivity index (χ0v) is 10.4. The predicted octanol–water partition coefficient (Wildman–Crippen LogP) is 4.74. The van der Waals surface area contributed by atoms with Gasteiger partial charge in [0.25, 0.3) is 0 Å². The lowest BCUT2D eigenvalue weighted by atomic mass is 9.82. The normalized spacial score (nSPS) is 18.7. The standard InChI is InChI=1S/C13H28/c1-7-11(4)8-9-12(5)13(6)10(2)3/h10-13H,7-9H2,1-6H3. The maximum atomic E-state index is 2.41. The lowest BCUT2D eigenvalue weighted by Gasteiger charge is -2.24. The molecule has 80 valence electrons. The Morgan fingerprint density at radius 1 is 0.846 bits per heavy atom. The highest BCUT2D eigenvalue weighted by atomic mass is 14.2. The van der Waals surface area contributed by atoms with E-state index in [1.165, 1.54) is 19.3 Å². The van der Waals surface area contributed by atoms with Gasteiger partial charge in [0.1, 0.15) is 0 Å². The molecule has 0 bridgehead atoms. The summed E-state index contributed by atoms with van der Waals surface area (Å²) in [6, 6.07) is 0. The van der Waals surface area contributed by atoms with E-state index in [0.29, 0.717) is 0 Å². The smallest absolute Gasteiger partial charge is 0.0394 e. The molecule has 0 aromatic rings. The van der Waals surface area contributed by atoms with Gasteiger partial charge in [-0.25, -0.2) is 0 Å². The molecule has 0 aliphatic carbocycles. The molecule has 0 amide bonds. The molecular weight excluding hydrogens is 156 g/mol. The quantitative estimate of drug-likeness (QED) is 0.559. The fraction of sp³-hybridized carbons (Fsp3) is 1.00. The summed E-state index contributed by atoms with van der Waals surface area (Å²) >= 11 is 0. The van der Waals surface area contributed by atoms with Gasteiger partial charge in [-0.2, -0.15) is 0 Å². The Morgan fingerprint density at radius 3 is 1.77 bits per heavy atom. The average molecular weight is 184 g/mol. The van der Waals surface area contributed by atoms with Crippen LogP contribution in [0.2, 0.25) is 0 Å². The van der Waals surface area contributed by atoms with Crippen LogP contribution >= 0.6 is 0 Å². The molecule has 0 spiro atoms. The fourth-order valence-corrected chi connectivity index (χ4v) is 1.67. The first-order chi connectivity index (χ1) is 5.99.